The number of carbonyl (C=O) groups is 2. The van der Waals surface area contributed by atoms with Gasteiger partial charge in [0, 0.05) is 0 Å². The second kappa shape index (κ2) is 5.86. The van der Waals surface area contributed by atoms with Crippen LogP contribution in [0, 0.1) is 47.3 Å². The Hall–Kier alpha value is -1.06. The summed E-state index contributed by atoms with van der Waals surface area (Å²) >= 11 is 0. The SMILES string of the molecule is CCC1CC(CC)C2C3CC(C(C(=O)OC)C3C(=O)OC)C12. The molecule has 3 rings (SSSR count). The summed E-state index contributed by atoms with van der Waals surface area (Å²) in [5.41, 5.74) is 0. The topological polar surface area (TPSA) is 52.6 Å². The summed E-state index contributed by atoms with van der Waals surface area (Å²) in [6.07, 6.45) is 4.62. The Balaban J connectivity index is 1.96. The lowest BCUT2D eigenvalue weighted by Gasteiger charge is -2.38. The molecule has 0 N–H and O–H groups in total. The summed E-state index contributed by atoms with van der Waals surface area (Å²) in [6.45, 7) is 4.52. The van der Waals surface area contributed by atoms with Crippen LogP contribution in [0.4, 0.5) is 0 Å². The molecule has 4 nitrogen and oxygen atoms in total. The number of hydrogen-bond acceptors (Lipinski definition) is 4. The first-order valence-corrected chi connectivity index (χ1v) is 8.74. The fourth-order valence-corrected chi connectivity index (χ4v) is 6.33. The highest BCUT2D eigenvalue weighted by Gasteiger charge is 2.67. The van der Waals surface area contributed by atoms with Gasteiger partial charge in [-0.2, -0.15) is 0 Å². The van der Waals surface area contributed by atoms with Crippen LogP contribution in [-0.4, -0.2) is 26.2 Å². The van der Waals surface area contributed by atoms with E-state index in [1.54, 1.807) is 0 Å². The van der Waals surface area contributed by atoms with Crippen molar-refractivity contribution >= 4 is 11.9 Å². The quantitative estimate of drug-likeness (QED) is 0.749. The predicted molar refractivity (Wildman–Crippen MR) is 81.8 cm³/mol. The summed E-state index contributed by atoms with van der Waals surface area (Å²) in [4.78, 5) is 24.7. The molecule has 4 heteroatoms. The minimum absolute atomic E-state index is 0.212. The van der Waals surface area contributed by atoms with Crippen LogP contribution in [0.15, 0.2) is 0 Å². The molecule has 3 aliphatic carbocycles. The standard InChI is InChI=1S/C18H28O4/c1-5-9-7-10(6-2)14-12-8-11(13(9)14)15(17(19)21-3)16(12)18(20)22-4/h9-16H,5-8H2,1-4H3. The Bertz CT molecular complexity index is 420. The van der Waals surface area contributed by atoms with Gasteiger partial charge in [-0.3, -0.25) is 9.59 Å². The molecule has 8 unspecified atom stereocenters. The van der Waals surface area contributed by atoms with Gasteiger partial charge < -0.3 is 9.47 Å². The van der Waals surface area contributed by atoms with Gasteiger partial charge in [-0.05, 0) is 48.3 Å². The first-order valence-electron chi connectivity index (χ1n) is 8.74. The monoisotopic (exact) mass is 308 g/mol. The maximum atomic E-state index is 12.3. The average molecular weight is 308 g/mol. The maximum Gasteiger partial charge on any atom is 0.309 e. The number of ether oxygens (including phenoxy) is 2. The first kappa shape index (κ1) is 15.8. The molecule has 0 aromatic rings. The van der Waals surface area contributed by atoms with Crippen molar-refractivity contribution in [3.63, 3.8) is 0 Å². The van der Waals surface area contributed by atoms with Crippen LogP contribution in [0.25, 0.3) is 0 Å². The van der Waals surface area contributed by atoms with E-state index in [1.807, 2.05) is 0 Å². The molecule has 0 radical (unpaired) electrons. The van der Waals surface area contributed by atoms with Crippen molar-refractivity contribution in [3.8, 4) is 0 Å². The van der Waals surface area contributed by atoms with E-state index in [0.29, 0.717) is 35.5 Å². The van der Waals surface area contributed by atoms with E-state index in [1.165, 1.54) is 33.5 Å². The van der Waals surface area contributed by atoms with E-state index in [9.17, 15) is 9.59 Å². The molecule has 0 aromatic carbocycles. The van der Waals surface area contributed by atoms with Crippen molar-refractivity contribution in [2.75, 3.05) is 14.2 Å². The van der Waals surface area contributed by atoms with Gasteiger partial charge >= 0.3 is 11.9 Å². The van der Waals surface area contributed by atoms with Crippen LogP contribution in [-0.2, 0) is 19.1 Å². The second-order valence-corrected chi connectivity index (χ2v) is 7.39. The lowest BCUT2D eigenvalue weighted by atomic mass is 9.65. The van der Waals surface area contributed by atoms with Gasteiger partial charge in [0.25, 0.3) is 0 Å². The minimum Gasteiger partial charge on any atom is -0.469 e. The van der Waals surface area contributed by atoms with E-state index in [0.717, 1.165) is 6.42 Å². The zero-order valence-electron chi connectivity index (χ0n) is 14.1. The number of methoxy groups -OCH3 is 2. The second-order valence-electron chi connectivity index (χ2n) is 7.39. The van der Waals surface area contributed by atoms with Crippen molar-refractivity contribution in [3.05, 3.63) is 0 Å². The Morgan fingerprint density at radius 2 is 1.23 bits per heavy atom. The van der Waals surface area contributed by atoms with E-state index in [-0.39, 0.29) is 23.8 Å². The fourth-order valence-electron chi connectivity index (χ4n) is 6.33. The van der Waals surface area contributed by atoms with Gasteiger partial charge in [-0.1, -0.05) is 26.7 Å². The molecular weight excluding hydrogens is 280 g/mol. The Kier molecular flexibility index (Phi) is 4.21. The number of hydrogen-bond donors (Lipinski definition) is 0. The van der Waals surface area contributed by atoms with Crippen molar-refractivity contribution in [2.24, 2.45) is 47.3 Å². The van der Waals surface area contributed by atoms with Crippen molar-refractivity contribution in [1.29, 1.82) is 0 Å². The third kappa shape index (κ3) is 2.02. The fraction of sp³-hybridized carbons (Fsp3) is 0.889. The summed E-state index contributed by atoms with van der Waals surface area (Å²) in [5, 5.41) is 0. The van der Waals surface area contributed by atoms with Gasteiger partial charge in [0.05, 0.1) is 26.1 Å². The molecule has 0 spiro atoms. The van der Waals surface area contributed by atoms with Crippen LogP contribution in [0.2, 0.25) is 0 Å². The van der Waals surface area contributed by atoms with Crippen molar-refractivity contribution in [2.45, 2.75) is 39.5 Å². The molecule has 2 bridgehead atoms. The molecule has 0 amide bonds. The Labute approximate surface area is 132 Å². The number of rotatable bonds is 4. The Morgan fingerprint density at radius 3 is 1.55 bits per heavy atom. The highest BCUT2D eigenvalue weighted by Crippen LogP contribution is 2.67. The van der Waals surface area contributed by atoms with Crippen LogP contribution >= 0.6 is 0 Å². The summed E-state index contributed by atoms with van der Waals surface area (Å²) in [6, 6.07) is 0. The molecule has 3 saturated carbocycles. The zero-order chi connectivity index (χ0) is 16.0. The lowest BCUT2D eigenvalue weighted by Crippen LogP contribution is -2.44. The molecule has 0 aromatic heterocycles. The van der Waals surface area contributed by atoms with E-state index < -0.39 is 0 Å². The number of carbonyl (C=O) groups excluding carboxylic acids is 2. The third-order valence-corrected chi connectivity index (χ3v) is 6.98. The lowest BCUT2D eigenvalue weighted by molar-refractivity contribution is -0.163. The van der Waals surface area contributed by atoms with Crippen LogP contribution < -0.4 is 0 Å². The average Bonchev–Trinajstić information content (AvgIpc) is 3.20. The van der Waals surface area contributed by atoms with Crippen LogP contribution in [0.5, 0.6) is 0 Å². The molecule has 0 saturated heterocycles. The molecule has 0 aliphatic heterocycles. The van der Waals surface area contributed by atoms with E-state index in [4.69, 9.17) is 9.47 Å². The highest BCUT2D eigenvalue weighted by molar-refractivity contribution is 5.83. The predicted octanol–water partition coefficient (Wildman–Crippen LogP) is 2.90. The van der Waals surface area contributed by atoms with Gasteiger partial charge in [-0.25, -0.2) is 0 Å². The largest absolute Gasteiger partial charge is 0.469 e. The maximum absolute atomic E-state index is 12.3. The van der Waals surface area contributed by atoms with Gasteiger partial charge in [0.1, 0.15) is 0 Å². The van der Waals surface area contributed by atoms with Crippen LogP contribution in [0.3, 0.4) is 0 Å². The van der Waals surface area contributed by atoms with Gasteiger partial charge in [0.15, 0.2) is 0 Å². The molecular formula is C18H28O4. The summed E-state index contributed by atoms with van der Waals surface area (Å²) in [7, 11) is 2.86. The van der Waals surface area contributed by atoms with E-state index in [2.05, 4.69) is 13.8 Å². The number of esters is 2. The molecule has 3 aliphatic rings. The summed E-state index contributed by atoms with van der Waals surface area (Å²) in [5.74, 6) is 2.25. The minimum atomic E-state index is -0.284. The molecule has 0 heterocycles. The highest BCUT2D eigenvalue weighted by atomic mass is 16.5. The summed E-state index contributed by atoms with van der Waals surface area (Å²) < 4.78 is 10.1. The normalized spacial score (nSPS) is 45.6. The number of fused-ring (bicyclic) bond motifs is 5. The third-order valence-electron chi connectivity index (χ3n) is 6.98. The zero-order valence-corrected chi connectivity index (χ0v) is 14.1. The Morgan fingerprint density at radius 1 is 0.818 bits per heavy atom. The van der Waals surface area contributed by atoms with Gasteiger partial charge in [0.2, 0.25) is 0 Å². The molecule has 3 fully saturated rings. The van der Waals surface area contributed by atoms with Crippen molar-refractivity contribution in [1.82, 2.24) is 0 Å². The van der Waals surface area contributed by atoms with E-state index >= 15 is 0 Å². The smallest absolute Gasteiger partial charge is 0.309 e. The molecule has 8 atom stereocenters. The van der Waals surface area contributed by atoms with Crippen LogP contribution in [0.1, 0.15) is 39.5 Å². The molecule has 124 valence electrons. The van der Waals surface area contributed by atoms with Gasteiger partial charge in [-0.15, -0.1) is 0 Å². The molecule has 22 heavy (non-hydrogen) atoms. The first-order chi connectivity index (χ1) is 10.6. The van der Waals surface area contributed by atoms with Crippen molar-refractivity contribution < 1.29 is 19.1 Å².